The quantitative estimate of drug-likeness (QED) is 0.447. The van der Waals surface area contributed by atoms with Crippen molar-refractivity contribution in [1.29, 1.82) is 0 Å². The van der Waals surface area contributed by atoms with Gasteiger partial charge in [0.05, 0.1) is 6.61 Å². The van der Waals surface area contributed by atoms with Crippen molar-refractivity contribution in [3.63, 3.8) is 0 Å². The number of H-pyrrole nitrogens is 1. The van der Waals surface area contributed by atoms with Crippen LogP contribution in [0.25, 0.3) is 11.4 Å². The zero-order valence-electron chi connectivity index (χ0n) is 20.0. The van der Waals surface area contributed by atoms with Gasteiger partial charge in [-0.05, 0) is 29.8 Å². The Bertz CT molecular complexity index is 1140. The maximum Gasteiger partial charge on any atom is 0.273 e. The number of hydrogen-bond donors (Lipinski definition) is 1. The summed E-state index contributed by atoms with van der Waals surface area (Å²) in [7, 11) is 1.62. The predicted molar refractivity (Wildman–Crippen MR) is 132 cm³/mol. The van der Waals surface area contributed by atoms with Gasteiger partial charge in [-0.1, -0.05) is 30.3 Å². The number of piperazine rings is 1. The number of ether oxygens (including phenoxy) is 2. The van der Waals surface area contributed by atoms with Gasteiger partial charge in [-0.2, -0.15) is 0 Å². The molecule has 0 aliphatic carbocycles. The van der Waals surface area contributed by atoms with Gasteiger partial charge in [0, 0.05) is 58.2 Å². The van der Waals surface area contributed by atoms with Gasteiger partial charge >= 0.3 is 0 Å². The Kier molecular flexibility index (Phi) is 8.58. The van der Waals surface area contributed by atoms with E-state index in [1.807, 2.05) is 35.2 Å². The zero-order chi connectivity index (χ0) is 24.5. The smallest absolute Gasteiger partial charge is 0.273 e. The Balaban J connectivity index is 1.25. The third kappa shape index (κ3) is 6.97. The number of aromatic nitrogens is 3. The summed E-state index contributed by atoms with van der Waals surface area (Å²) in [5.41, 5.74) is 1.95. The van der Waals surface area contributed by atoms with Crippen LogP contribution in [-0.2, 0) is 22.5 Å². The lowest BCUT2D eigenvalue weighted by atomic mass is 10.1. The van der Waals surface area contributed by atoms with E-state index in [2.05, 4.69) is 32.2 Å². The van der Waals surface area contributed by atoms with E-state index in [0.29, 0.717) is 37.9 Å². The fourth-order valence-corrected chi connectivity index (χ4v) is 3.99. The summed E-state index contributed by atoms with van der Waals surface area (Å²) in [6.45, 7) is 4.93. The van der Waals surface area contributed by atoms with Crippen molar-refractivity contribution in [2.24, 2.45) is 0 Å². The highest BCUT2D eigenvalue weighted by Crippen LogP contribution is 2.18. The lowest BCUT2D eigenvalue weighted by Crippen LogP contribution is -2.48. The third-order valence-electron chi connectivity index (χ3n) is 6.00. The number of nitrogens with zero attached hydrogens (tertiary/aromatic N) is 4. The average molecular weight is 478 g/mol. The second-order valence-corrected chi connectivity index (χ2v) is 8.46. The van der Waals surface area contributed by atoms with E-state index in [0.717, 1.165) is 25.2 Å². The summed E-state index contributed by atoms with van der Waals surface area (Å²) in [5.74, 6) is 1.12. The molecule has 1 N–H and O–H groups in total. The van der Waals surface area contributed by atoms with Crippen LogP contribution in [0, 0.1) is 0 Å². The highest BCUT2D eigenvalue weighted by molar-refractivity contribution is 5.76. The van der Waals surface area contributed by atoms with Crippen molar-refractivity contribution in [1.82, 2.24) is 25.0 Å². The Labute approximate surface area is 204 Å². The van der Waals surface area contributed by atoms with Gasteiger partial charge < -0.3 is 19.4 Å². The Hall–Kier alpha value is -3.56. The SMILES string of the molecule is COCCOc1ccc(-c2nnc(CCC(=O)N3CCN(Cc4ccccc4)CC3)c(=O)[nH]2)cc1. The molecule has 4 rings (SSSR count). The predicted octanol–water partition coefficient (Wildman–Crippen LogP) is 2.13. The topological polar surface area (TPSA) is 101 Å². The lowest BCUT2D eigenvalue weighted by molar-refractivity contribution is -0.133. The third-order valence-corrected chi connectivity index (χ3v) is 6.00. The first-order valence-corrected chi connectivity index (χ1v) is 11.8. The fourth-order valence-electron chi connectivity index (χ4n) is 3.99. The molecule has 1 aliphatic heterocycles. The lowest BCUT2D eigenvalue weighted by Gasteiger charge is -2.34. The summed E-state index contributed by atoms with van der Waals surface area (Å²) in [6.07, 6.45) is 0.501. The van der Waals surface area contributed by atoms with Gasteiger partial charge in [0.2, 0.25) is 5.91 Å². The van der Waals surface area contributed by atoms with Crippen molar-refractivity contribution in [2.45, 2.75) is 19.4 Å². The van der Waals surface area contributed by atoms with E-state index < -0.39 is 0 Å². The molecule has 9 nitrogen and oxygen atoms in total. The van der Waals surface area contributed by atoms with Crippen LogP contribution in [-0.4, -0.2) is 77.4 Å². The van der Waals surface area contributed by atoms with E-state index in [4.69, 9.17) is 9.47 Å². The van der Waals surface area contributed by atoms with Crippen LogP contribution in [0.4, 0.5) is 0 Å². The molecule has 2 heterocycles. The molecule has 1 amide bonds. The number of nitrogens with one attached hydrogen (secondary N) is 1. The normalized spacial score (nSPS) is 14.1. The fraction of sp³-hybridized carbons (Fsp3) is 0.385. The molecule has 3 aromatic rings. The van der Waals surface area contributed by atoms with Crippen molar-refractivity contribution in [2.75, 3.05) is 46.5 Å². The number of aromatic amines is 1. The number of amides is 1. The molecule has 0 saturated carbocycles. The van der Waals surface area contributed by atoms with Gasteiger partial charge in [-0.3, -0.25) is 14.5 Å². The number of aryl methyl sites for hydroxylation is 1. The van der Waals surface area contributed by atoms with Crippen LogP contribution in [0.2, 0.25) is 0 Å². The number of hydrogen-bond acceptors (Lipinski definition) is 7. The molecule has 9 heteroatoms. The number of carbonyl (C=O) groups is 1. The molecule has 0 bridgehead atoms. The van der Waals surface area contributed by atoms with Crippen molar-refractivity contribution in [3.8, 4) is 17.1 Å². The molecule has 1 saturated heterocycles. The second-order valence-electron chi connectivity index (χ2n) is 8.46. The molecule has 1 aliphatic rings. The number of methoxy groups -OCH3 is 1. The van der Waals surface area contributed by atoms with Gasteiger partial charge in [0.1, 0.15) is 18.1 Å². The molecular weight excluding hydrogens is 446 g/mol. The van der Waals surface area contributed by atoms with Crippen LogP contribution in [0.5, 0.6) is 5.75 Å². The Morgan fingerprint density at radius 3 is 2.40 bits per heavy atom. The van der Waals surface area contributed by atoms with Crippen molar-refractivity contribution >= 4 is 5.91 Å². The van der Waals surface area contributed by atoms with Crippen LogP contribution < -0.4 is 10.3 Å². The van der Waals surface area contributed by atoms with E-state index >= 15 is 0 Å². The highest BCUT2D eigenvalue weighted by atomic mass is 16.5. The van der Waals surface area contributed by atoms with Gasteiger partial charge in [-0.25, -0.2) is 0 Å². The maximum absolute atomic E-state index is 12.7. The summed E-state index contributed by atoms with van der Waals surface area (Å²) in [6, 6.07) is 17.6. The molecule has 0 spiro atoms. The summed E-state index contributed by atoms with van der Waals surface area (Å²) >= 11 is 0. The molecule has 35 heavy (non-hydrogen) atoms. The maximum atomic E-state index is 12.7. The van der Waals surface area contributed by atoms with Gasteiger partial charge in [-0.15, -0.1) is 10.2 Å². The van der Waals surface area contributed by atoms with Gasteiger partial charge in [0.25, 0.3) is 5.56 Å². The first-order valence-electron chi connectivity index (χ1n) is 11.8. The summed E-state index contributed by atoms with van der Waals surface area (Å²) in [4.78, 5) is 32.2. The minimum Gasteiger partial charge on any atom is -0.491 e. The van der Waals surface area contributed by atoms with Crippen LogP contribution in [0.3, 0.4) is 0 Å². The highest BCUT2D eigenvalue weighted by Gasteiger charge is 2.21. The summed E-state index contributed by atoms with van der Waals surface area (Å²) in [5, 5.41) is 8.25. The van der Waals surface area contributed by atoms with Crippen molar-refractivity contribution < 1.29 is 14.3 Å². The van der Waals surface area contributed by atoms with E-state index in [9.17, 15) is 9.59 Å². The molecule has 184 valence electrons. The van der Waals surface area contributed by atoms with Crippen LogP contribution >= 0.6 is 0 Å². The minimum absolute atomic E-state index is 0.0405. The van der Waals surface area contributed by atoms with Gasteiger partial charge in [0.15, 0.2) is 5.82 Å². The first kappa shape index (κ1) is 24.6. The van der Waals surface area contributed by atoms with E-state index in [1.165, 1.54) is 5.56 Å². The summed E-state index contributed by atoms with van der Waals surface area (Å²) < 4.78 is 10.5. The second kappa shape index (κ2) is 12.2. The van der Waals surface area contributed by atoms with E-state index in [-0.39, 0.29) is 30.0 Å². The number of carbonyl (C=O) groups excluding carboxylic acids is 1. The van der Waals surface area contributed by atoms with Crippen LogP contribution in [0.15, 0.2) is 59.4 Å². The molecule has 0 radical (unpaired) electrons. The molecule has 1 aromatic heterocycles. The monoisotopic (exact) mass is 477 g/mol. The average Bonchev–Trinajstić information content (AvgIpc) is 2.89. The number of benzene rings is 2. The van der Waals surface area contributed by atoms with Crippen molar-refractivity contribution in [3.05, 3.63) is 76.2 Å². The van der Waals surface area contributed by atoms with E-state index in [1.54, 1.807) is 19.2 Å². The molecule has 2 aromatic carbocycles. The van der Waals surface area contributed by atoms with Crippen LogP contribution in [0.1, 0.15) is 17.7 Å². The molecule has 0 unspecified atom stereocenters. The molecular formula is C26H31N5O4. The largest absolute Gasteiger partial charge is 0.491 e. The Morgan fingerprint density at radius 1 is 0.971 bits per heavy atom. The minimum atomic E-state index is -0.323. The molecule has 0 atom stereocenters. The first-order chi connectivity index (χ1) is 17.1. The molecule has 1 fully saturated rings. The zero-order valence-corrected chi connectivity index (χ0v) is 20.0. The standard InChI is InChI=1S/C26H31N5O4/c1-34-17-18-35-22-9-7-21(8-10-22)25-27-26(33)23(28-29-25)11-12-24(32)31-15-13-30(14-16-31)19-20-5-3-2-4-6-20/h2-10H,11-19H2,1H3,(H,27,29,33). The number of rotatable bonds is 10. The Morgan fingerprint density at radius 2 is 1.71 bits per heavy atom.